The van der Waals surface area contributed by atoms with Crippen molar-refractivity contribution >= 4 is 25.1 Å². The van der Waals surface area contributed by atoms with Gasteiger partial charge in [-0.3, -0.25) is 4.90 Å². The molecule has 1 saturated heterocycles. The molecule has 1 heterocycles. The van der Waals surface area contributed by atoms with Gasteiger partial charge in [0.15, 0.2) is 0 Å². The molecule has 0 aromatic heterocycles. The van der Waals surface area contributed by atoms with Gasteiger partial charge in [0.1, 0.15) is 0 Å². The normalized spacial score (nSPS) is 18.0. The fourth-order valence-corrected chi connectivity index (χ4v) is 2.42. The highest BCUT2D eigenvalue weighted by Crippen LogP contribution is 2.16. The van der Waals surface area contributed by atoms with Crippen LogP contribution in [0, 0.1) is 0 Å². The van der Waals surface area contributed by atoms with Gasteiger partial charge in [0.05, 0.1) is 0 Å². The van der Waals surface area contributed by atoms with E-state index in [1.54, 1.807) is 6.07 Å². The van der Waals surface area contributed by atoms with Gasteiger partial charge < -0.3 is 18.3 Å². The smallest absolute Gasteiger partial charge is 0.445 e. The molecule has 0 aliphatic carbocycles. The minimum Gasteiger partial charge on any atom is -0.445 e. The van der Waals surface area contributed by atoms with Crippen LogP contribution in [0.2, 0.25) is 0 Å². The number of rotatable bonds is 3. The number of thiol groups is 1. The van der Waals surface area contributed by atoms with Crippen molar-refractivity contribution in [1.82, 2.24) is 10.2 Å². The van der Waals surface area contributed by atoms with Crippen molar-refractivity contribution in [2.24, 2.45) is 0 Å². The first-order chi connectivity index (χ1) is 8.45. The number of nitrogens with one attached hydrogen (secondary N) is 1. The Morgan fingerprint density at radius 3 is 2.44 bits per heavy atom. The summed E-state index contributed by atoms with van der Waals surface area (Å²) in [5.74, 6) is 0. The van der Waals surface area contributed by atoms with E-state index in [1.165, 1.54) is 6.07 Å². The van der Waals surface area contributed by atoms with Crippen LogP contribution in [0.5, 0.6) is 0 Å². The maximum absolute atomic E-state index is 12.7. The first kappa shape index (κ1) is 13.8. The predicted octanol–water partition coefficient (Wildman–Crippen LogP) is 1.43. The SMILES string of the molecule is F[B-](F)(F)c1cc(S)cc(CN2CCNCC2)c1. The van der Waals surface area contributed by atoms with E-state index < -0.39 is 12.4 Å². The van der Waals surface area contributed by atoms with Crippen LogP contribution in [0.25, 0.3) is 0 Å². The minimum absolute atomic E-state index is 0.372. The van der Waals surface area contributed by atoms with Gasteiger partial charge >= 0.3 is 6.98 Å². The molecule has 0 saturated carbocycles. The number of nitrogens with zero attached hydrogens (tertiary/aromatic N) is 1. The van der Waals surface area contributed by atoms with Crippen molar-refractivity contribution in [3.63, 3.8) is 0 Å². The summed E-state index contributed by atoms with van der Waals surface area (Å²) in [5.41, 5.74) is 0.117. The molecule has 2 rings (SSSR count). The molecule has 0 atom stereocenters. The van der Waals surface area contributed by atoms with Crippen LogP contribution in [0.4, 0.5) is 12.9 Å². The zero-order valence-electron chi connectivity index (χ0n) is 9.87. The highest BCUT2D eigenvalue weighted by Gasteiger charge is 2.26. The Morgan fingerprint density at radius 2 is 1.83 bits per heavy atom. The zero-order valence-corrected chi connectivity index (χ0v) is 10.8. The molecule has 0 spiro atoms. The van der Waals surface area contributed by atoms with E-state index >= 15 is 0 Å². The molecule has 0 amide bonds. The van der Waals surface area contributed by atoms with Crippen LogP contribution in [0.1, 0.15) is 5.56 Å². The Balaban J connectivity index is 2.14. The third kappa shape index (κ3) is 3.67. The van der Waals surface area contributed by atoms with E-state index in [0.29, 0.717) is 17.0 Å². The summed E-state index contributed by atoms with van der Waals surface area (Å²) in [7, 11) is 0. The first-order valence-electron chi connectivity index (χ1n) is 5.91. The van der Waals surface area contributed by atoms with Crippen molar-refractivity contribution < 1.29 is 12.9 Å². The molecule has 100 valence electrons. The lowest BCUT2D eigenvalue weighted by Crippen LogP contribution is -2.43. The van der Waals surface area contributed by atoms with Crippen LogP contribution in [-0.2, 0) is 6.54 Å². The summed E-state index contributed by atoms with van der Waals surface area (Å²) in [6.45, 7) is -0.903. The maximum atomic E-state index is 12.7. The zero-order chi connectivity index (χ0) is 13.2. The van der Waals surface area contributed by atoms with Gasteiger partial charge in [-0.2, -0.15) is 0 Å². The third-order valence-corrected chi connectivity index (χ3v) is 3.25. The molecule has 0 radical (unpaired) electrons. The number of benzene rings is 1. The second-order valence-electron chi connectivity index (χ2n) is 4.53. The second kappa shape index (κ2) is 5.55. The standard InChI is InChI=1S/C11H15BF3N2S/c13-12(14,15)10-5-9(6-11(18)7-10)8-17-3-1-16-2-4-17/h5-7,16,18H,1-4,8H2/q-1. The molecule has 1 aliphatic heterocycles. The topological polar surface area (TPSA) is 15.3 Å². The molecule has 1 fully saturated rings. The second-order valence-corrected chi connectivity index (χ2v) is 5.05. The predicted molar refractivity (Wildman–Crippen MR) is 70.6 cm³/mol. The number of piperazine rings is 1. The highest BCUT2D eigenvalue weighted by molar-refractivity contribution is 7.80. The average Bonchev–Trinajstić information content (AvgIpc) is 2.28. The molecule has 1 aliphatic rings. The molecule has 18 heavy (non-hydrogen) atoms. The Bertz CT molecular complexity index is 419. The van der Waals surface area contributed by atoms with Crippen molar-refractivity contribution in [3.8, 4) is 0 Å². The molecular weight excluding hydrogens is 260 g/mol. The summed E-state index contributed by atoms with van der Waals surface area (Å²) in [5, 5.41) is 3.21. The average molecular weight is 275 g/mol. The Hall–Kier alpha value is -0.655. The van der Waals surface area contributed by atoms with E-state index in [-0.39, 0.29) is 0 Å². The van der Waals surface area contributed by atoms with Gasteiger partial charge in [-0.05, 0) is 11.6 Å². The molecule has 0 unspecified atom stereocenters. The molecular formula is C11H15BF3N2S-. The number of hydrogen-bond acceptors (Lipinski definition) is 3. The summed E-state index contributed by atoms with van der Waals surface area (Å²) in [6.07, 6.45) is 0. The summed E-state index contributed by atoms with van der Waals surface area (Å²) in [6, 6.07) is 4.03. The van der Waals surface area contributed by atoms with E-state index in [1.807, 2.05) is 0 Å². The van der Waals surface area contributed by atoms with Crippen LogP contribution < -0.4 is 10.8 Å². The molecule has 1 aromatic rings. The third-order valence-electron chi connectivity index (χ3n) is 2.99. The monoisotopic (exact) mass is 275 g/mol. The van der Waals surface area contributed by atoms with Crippen molar-refractivity contribution in [3.05, 3.63) is 23.8 Å². The van der Waals surface area contributed by atoms with Crippen molar-refractivity contribution in [1.29, 1.82) is 0 Å². The Kier molecular flexibility index (Phi) is 4.24. The van der Waals surface area contributed by atoms with Gasteiger partial charge in [-0.25, -0.2) is 0 Å². The molecule has 0 bridgehead atoms. The lowest BCUT2D eigenvalue weighted by molar-refractivity contribution is 0.233. The van der Waals surface area contributed by atoms with Crippen LogP contribution in [0.3, 0.4) is 0 Å². The summed E-state index contributed by atoms with van der Waals surface area (Å²) in [4.78, 5) is 2.52. The van der Waals surface area contributed by atoms with E-state index in [9.17, 15) is 12.9 Å². The van der Waals surface area contributed by atoms with Crippen LogP contribution >= 0.6 is 12.6 Å². The molecule has 2 nitrogen and oxygen atoms in total. The van der Waals surface area contributed by atoms with Gasteiger partial charge in [0.25, 0.3) is 0 Å². The lowest BCUT2D eigenvalue weighted by Gasteiger charge is -2.28. The van der Waals surface area contributed by atoms with Crippen molar-refractivity contribution in [2.75, 3.05) is 26.2 Å². The molecule has 7 heteroatoms. The Morgan fingerprint density at radius 1 is 1.17 bits per heavy atom. The van der Waals surface area contributed by atoms with Crippen LogP contribution in [-0.4, -0.2) is 38.1 Å². The van der Waals surface area contributed by atoms with Gasteiger partial charge in [-0.1, -0.05) is 12.1 Å². The maximum Gasteiger partial charge on any atom is 0.509 e. The number of hydrogen-bond donors (Lipinski definition) is 2. The van der Waals surface area contributed by atoms with E-state index in [4.69, 9.17) is 0 Å². The van der Waals surface area contributed by atoms with Crippen LogP contribution in [0.15, 0.2) is 23.1 Å². The first-order valence-corrected chi connectivity index (χ1v) is 6.36. The fourth-order valence-electron chi connectivity index (χ4n) is 2.11. The lowest BCUT2D eigenvalue weighted by atomic mass is 9.79. The number of halogens is 3. The summed E-state index contributed by atoms with van der Waals surface area (Å²) < 4.78 is 38.2. The molecule has 1 aromatic carbocycles. The van der Waals surface area contributed by atoms with E-state index in [2.05, 4.69) is 22.8 Å². The summed E-state index contributed by atoms with van der Waals surface area (Å²) >= 11 is 4.05. The fraction of sp³-hybridized carbons (Fsp3) is 0.455. The van der Waals surface area contributed by atoms with E-state index in [0.717, 1.165) is 32.2 Å². The highest BCUT2D eigenvalue weighted by atomic mass is 32.1. The Labute approximate surface area is 110 Å². The quantitative estimate of drug-likeness (QED) is 0.641. The van der Waals surface area contributed by atoms with Gasteiger partial charge in [0.2, 0.25) is 0 Å². The van der Waals surface area contributed by atoms with Crippen molar-refractivity contribution in [2.45, 2.75) is 11.4 Å². The molecule has 1 N–H and O–H groups in total. The minimum atomic E-state index is -4.95. The van der Waals surface area contributed by atoms with Gasteiger partial charge in [0, 0.05) is 37.6 Å². The van der Waals surface area contributed by atoms with Gasteiger partial charge in [-0.15, -0.1) is 18.1 Å². The largest absolute Gasteiger partial charge is 0.509 e.